The van der Waals surface area contributed by atoms with Gasteiger partial charge in [-0.1, -0.05) is 0 Å². The summed E-state index contributed by atoms with van der Waals surface area (Å²) in [5.41, 5.74) is 0.562. The van der Waals surface area contributed by atoms with Crippen molar-refractivity contribution in [2.75, 3.05) is 44.2 Å². The van der Waals surface area contributed by atoms with E-state index >= 15 is 0 Å². The molecule has 2 aliphatic rings. The Labute approximate surface area is 156 Å². The summed E-state index contributed by atoms with van der Waals surface area (Å²) < 4.78 is 31.5. The van der Waals surface area contributed by atoms with Crippen LogP contribution in [-0.4, -0.2) is 62.4 Å². The number of carbonyl (C=O) groups is 2. The highest BCUT2D eigenvalue weighted by Crippen LogP contribution is 2.22. The molecule has 3 rings (SSSR count). The van der Waals surface area contributed by atoms with Gasteiger partial charge < -0.3 is 20.3 Å². The van der Waals surface area contributed by atoms with E-state index in [0.717, 1.165) is 23.8 Å². The van der Waals surface area contributed by atoms with Gasteiger partial charge in [0, 0.05) is 50.5 Å². The van der Waals surface area contributed by atoms with Crippen molar-refractivity contribution in [2.45, 2.75) is 25.3 Å². The minimum atomic E-state index is -0.604. The topological polar surface area (TPSA) is 73.9 Å². The Morgan fingerprint density at radius 1 is 1.11 bits per heavy atom. The van der Waals surface area contributed by atoms with Gasteiger partial charge in [-0.25, -0.2) is 23.3 Å². The molecule has 0 radical (unpaired) electrons. The molecular formula is C18H24F2N4O3. The SMILES string of the molecule is O=C(NCCNC1CCN(c2cc(F)cc(F)c2)CC1)N1CCCOC1=O. The molecule has 2 aliphatic heterocycles. The average molecular weight is 382 g/mol. The number of cyclic esters (lactones) is 1. The van der Waals surface area contributed by atoms with Gasteiger partial charge in [-0.2, -0.15) is 0 Å². The van der Waals surface area contributed by atoms with E-state index in [1.807, 2.05) is 4.90 Å². The third kappa shape index (κ3) is 5.29. The molecule has 0 unspecified atom stereocenters. The Balaban J connectivity index is 1.35. The normalized spacial score (nSPS) is 18.4. The molecule has 148 valence electrons. The number of nitrogens with zero attached hydrogens (tertiary/aromatic N) is 2. The van der Waals surface area contributed by atoms with Crippen LogP contribution in [0.1, 0.15) is 19.3 Å². The number of rotatable bonds is 5. The number of halogens is 2. The van der Waals surface area contributed by atoms with Crippen LogP contribution in [0.5, 0.6) is 0 Å². The zero-order valence-corrected chi connectivity index (χ0v) is 15.0. The highest BCUT2D eigenvalue weighted by molar-refractivity contribution is 5.91. The molecule has 9 heteroatoms. The van der Waals surface area contributed by atoms with Crippen LogP contribution in [0.2, 0.25) is 0 Å². The standard InChI is InChI=1S/C18H24F2N4O3/c19-13-10-14(20)12-16(11-13)23-7-2-15(3-8-23)21-4-5-22-17(25)24-6-1-9-27-18(24)26/h10-12,15,21H,1-9H2,(H,22,25). The van der Waals surface area contributed by atoms with Crippen LogP contribution in [-0.2, 0) is 4.74 Å². The van der Waals surface area contributed by atoms with E-state index < -0.39 is 23.8 Å². The zero-order chi connectivity index (χ0) is 19.2. The number of hydrogen-bond donors (Lipinski definition) is 2. The van der Waals surface area contributed by atoms with Gasteiger partial charge in [0.25, 0.3) is 0 Å². The summed E-state index contributed by atoms with van der Waals surface area (Å²) in [6.45, 7) is 3.10. The lowest BCUT2D eigenvalue weighted by Gasteiger charge is -2.34. The number of hydrogen-bond acceptors (Lipinski definition) is 5. The van der Waals surface area contributed by atoms with Crippen molar-refractivity contribution >= 4 is 17.8 Å². The maximum Gasteiger partial charge on any atom is 0.417 e. The number of carbonyl (C=O) groups excluding carboxylic acids is 2. The first-order chi connectivity index (χ1) is 13.0. The van der Waals surface area contributed by atoms with Gasteiger partial charge in [-0.05, 0) is 31.4 Å². The number of anilines is 1. The molecule has 27 heavy (non-hydrogen) atoms. The fourth-order valence-corrected chi connectivity index (χ4v) is 3.34. The minimum absolute atomic E-state index is 0.275. The Morgan fingerprint density at radius 3 is 2.48 bits per heavy atom. The Kier molecular flexibility index (Phi) is 6.44. The predicted molar refractivity (Wildman–Crippen MR) is 95.7 cm³/mol. The molecule has 0 aromatic heterocycles. The van der Waals surface area contributed by atoms with Gasteiger partial charge >= 0.3 is 12.1 Å². The van der Waals surface area contributed by atoms with Crippen molar-refractivity contribution in [1.29, 1.82) is 0 Å². The molecule has 2 N–H and O–H groups in total. The fourth-order valence-electron chi connectivity index (χ4n) is 3.34. The maximum atomic E-state index is 13.3. The highest BCUT2D eigenvalue weighted by atomic mass is 19.1. The van der Waals surface area contributed by atoms with Gasteiger partial charge in [0.1, 0.15) is 11.6 Å². The Hall–Kier alpha value is -2.42. The number of nitrogens with one attached hydrogen (secondary N) is 2. The van der Waals surface area contributed by atoms with Crippen LogP contribution < -0.4 is 15.5 Å². The quantitative estimate of drug-likeness (QED) is 0.763. The minimum Gasteiger partial charge on any atom is -0.449 e. The maximum absolute atomic E-state index is 13.3. The molecule has 3 amide bonds. The Bertz CT molecular complexity index is 660. The summed E-state index contributed by atoms with van der Waals surface area (Å²) >= 11 is 0. The molecule has 0 saturated carbocycles. The second kappa shape index (κ2) is 8.98. The highest BCUT2D eigenvalue weighted by Gasteiger charge is 2.26. The summed E-state index contributed by atoms with van der Waals surface area (Å²) in [7, 11) is 0. The number of benzene rings is 1. The molecule has 0 bridgehead atoms. The fraction of sp³-hybridized carbons (Fsp3) is 0.556. The first-order valence-corrected chi connectivity index (χ1v) is 9.19. The molecule has 0 atom stereocenters. The molecule has 2 heterocycles. The van der Waals surface area contributed by atoms with Crippen LogP contribution in [0.3, 0.4) is 0 Å². The summed E-state index contributed by atoms with van der Waals surface area (Å²) in [5, 5.41) is 6.06. The largest absolute Gasteiger partial charge is 0.449 e. The van der Waals surface area contributed by atoms with Crippen molar-refractivity contribution in [1.82, 2.24) is 15.5 Å². The smallest absolute Gasteiger partial charge is 0.417 e. The van der Waals surface area contributed by atoms with Gasteiger partial charge in [0.05, 0.1) is 6.61 Å². The number of piperidine rings is 1. The third-order valence-corrected chi connectivity index (χ3v) is 4.76. The number of urea groups is 1. The van der Waals surface area contributed by atoms with E-state index in [0.29, 0.717) is 51.4 Å². The Morgan fingerprint density at radius 2 is 1.81 bits per heavy atom. The second-order valence-electron chi connectivity index (χ2n) is 6.69. The van der Waals surface area contributed by atoms with Crippen LogP contribution >= 0.6 is 0 Å². The van der Waals surface area contributed by atoms with Crippen LogP contribution in [0.15, 0.2) is 18.2 Å². The van der Waals surface area contributed by atoms with E-state index in [-0.39, 0.29) is 6.04 Å². The first-order valence-electron chi connectivity index (χ1n) is 9.19. The lowest BCUT2D eigenvalue weighted by atomic mass is 10.0. The first kappa shape index (κ1) is 19.3. The molecule has 0 aliphatic carbocycles. The molecule has 2 fully saturated rings. The summed E-state index contributed by atoms with van der Waals surface area (Å²) in [5.74, 6) is -1.14. The summed E-state index contributed by atoms with van der Waals surface area (Å²) in [6, 6.07) is 3.40. The predicted octanol–water partition coefficient (Wildman–Crippen LogP) is 2.08. The number of imide groups is 1. The molecule has 1 aromatic carbocycles. The lowest BCUT2D eigenvalue weighted by Crippen LogP contribution is -2.49. The molecule has 1 aromatic rings. The molecular weight excluding hydrogens is 358 g/mol. The average Bonchev–Trinajstić information content (AvgIpc) is 2.65. The monoisotopic (exact) mass is 382 g/mol. The van der Waals surface area contributed by atoms with Gasteiger partial charge in [0.15, 0.2) is 0 Å². The summed E-state index contributed by atoms with van der Waals surface area (Å²) in [6.07, 6.45) is 1.72. The van der Waals surface area contributed by atoms with Crippen LogP contribution in [0.4, 0.5) is 24.1 Å². The third-order valence-electron chi connectivity index (χ3n) is 4.76. The van der Waals surface area contributed by atoms with E-state index in [1.165, 1.54) is 12.1 Å². The van der Waals surface area contributed by atoms with Crippen molar-refractivity contribution in [3.63, 3.8) is 0 Å². The van der Waals surface area contributed by atoms with E-state index in [1.54, 1.807) is 0 Å². The van der Waals surface area contributed by atoms with E-state index in [4.69, 9.17) is 4.74 Å². The van der Waals surface area contributed by atoms with Gasteiger partial charge in [-0.15, -0.1) is 0 Å². The van der Waals surface area contributed by atoms with Crippen molar-refractivity contribution in [2.24, 2.45) is 0 Å². The van der Waals surface area contributed by atoms with E-state index in [2.05, 4.69) is 10.6 Å². The van der Waals surface area contributed by atoms with Crippen LogP contribution in [0.25, 0.3) is 0 Å². The molecule has 7 nitrogen and oxygen atoms in total. The van der Waals surface area contributed by atoms with Gasteiger partial charge in [0.2, 0.25) is 0 Å². The zero-order valence-electron chi connectivity index (χ0n) is 15.0. The van der Waals surface area contributed by atoms with Crippen LogP contribution in [0, 0.1) is 11.6 Å². The molecule has 0 spiro atoms. The van der Waals surface area contributed by atoms with Crippen molar-refractivity contribution in [3.05, 3.63) is 29.8 Å². The van der Waals surface area contributed by atoms with Crippen molar-refractivity contribution in [3.8, 4) is 0 Å². The van der Waals surface area contributed by atoms with Crippen molar-refractivity contribution < 1.29 is 23.1 Å². The number of amides is 3. The second-order valence-corrected chi connectivity index (χ2v) is 6.69. The number of ether oxygens (including phenoxy) is 1. The van der Waals surface area contributed by atoms with Gasteiger partial charge in [-0.3, -0.25) is 0 Å². The lowest BCUT2D eigenvalue weighted by molar-refractivity contribution is 0.0838. The molecule has 2 saturated heterocycles. The van der Waals surface area contributed by atoms with E-state index in [9.17, 15) is 18.4 Å². The summed E-state index contributed by atoms with van der Waals surface area (Å²) in [4.78, 5) is 26.4.